The van der Waals surface area contributed by atoms with Gasteiger partial charge in [-0.15, -0.1) is 0 Å². The molecule has 0 saturated heterocycles. The van der Waals surface area contributed by atoms with E-state index in [0.717, 1.165) is 11.2 Å². The lowest BCUT2D eigenvalue weighted by Gasteiger charge is -2.05. The average Bonchev–Trinajstić information content (AvgIpc) is 2.73. The van der Waals surface area contributed by atoms with Crippen LogP contribution in [0.25, 0.3) is 5.52 Å². The zero-order valence-electron chi connectivity index (χ0n) is 10.5. The fourth-order valence-corrected chi connectivity index (χ4v) is 2.34. The van der Waals surface area contributed by atoms with Gasteiger partial charge in [0.05, 0.1) is 11.2 Å². The molecule has 2 heterocycles. The minimum absolute atomic E-state index is 0.333. The Morgan fingerprint density at radius 2 is 2.17 bits per heavy atom. The summed E-state index contributed by atoms with van der Waals surface area (Å²) in [6, 6.07) is 1.97. The highest BCUT2D eigenvalue weighted by atomic mass is 32.2. The first-order chi connectivity index (χ1) is 8.49. The Hall–Kier alpha value is -1.56. The first-order valence-electron chi connectivity index (χ1n) is 5.72. The number of fused-ring (bicyclic) bond motifs is 1. The molecule has 0 aliphatic rings. The predicted molar refractivity (Wildman–Crippen MR) is 70.0 cm³/mol. The van der Waals surface area contributed by atoms with E-state index in [1.165, 1.54) is 11.8 Å². The van der Waals surface area contributed by atoms with Gasteiger partial charge < -0.3 is 5.11 Å². The Labute approximate surface area is 109 Å². The first kappa shape index (κ1) is 12.9. The molecule has 0 radical (unpaired) electrons. The van der Waals surface area contributed by atoms with Crippen molar-refractivity contribution >= 4 is 23.2 Å². The standard InChI is InChI=1S/C12H15N3O2S/c1-7(2)9-6-10-11(18-8(3)12(16)17)13-4-5-15(10)14-9/h4-8H,1-3H3,(H,16,17). The Morgan fingerprint density at radius 1 is 1.44 bits per heavy atom. The summed E-state index contributed by atoms with van der Waals surface area (Å²) in [5.41, 5.74) is 1.84. The number of nitrogens with zero attached hydrogens (tertiary/aromatic N) is 3. The monoisotopic (exact) mass is 265 g/mol. The third kappa shape index (κ3) is 2.48. The van der Waals surface area contributed by atoms with Gasteiger partial charge in [0, 0.05) is 12.4 Å². The number of hydrogen-bond acceptors (Lipinski definition) is 4. The summed E-state index contributed by atoms with van der Waals surface area (Å²) in [5.74, 6) is -0.507. The molecule has 0 aromatic carbocycles. The van der Waals surface area contributed by atoms with E-state index in [1.807, 2.05) is 6.07 Å². The zero-order valence-corrected chi connectivity index (χ0v) is 11.3. The summed E-state index contributed by atoms with van der Waals surface area (Å²) in [4.78, 5) is 15.1. The van der Waals surface area contributed by atoms with Crippen molar-refractivity contribution in [2.75, 3.05) is 0 Å². The third-order valence-electron chi connectivity index (χ3n) is 2.60. The van der Waals surface area contributed by atoms with E-state index in [0.29, 0.717) is 10.9 Å². The van der Waals surface area contributed by atoms with Crippen LogP contribution < -0.4 is 0 Å². The van der Waals surface area contributed by atoms with Crippen LogP contribution in [0.5, 0.6) is 0 Å². The van der Waals surface area contributed by atoms with Crippen molar-refractivity contribution in [2.45, 2.75) is 37.0 Å². The highest BCUT2D eigenvalue weighted by Crippen LogP contribution is 2.27. The van der Waals surface area contributed by atoms with Crippen LogP contribution in [0.4, 0.5) is 0 Å². The molecule has 6 heteroatoms. The van der Waals surface area contributed by atoms with Crippen molar-refractivity contribution in [2.24, 2.45) is 0 Å². The number of carboxylic acid groups (broad SMARTS) is 1. The number of carbonyl (C=O) groups is 1. The van der Waals surface area contributed by atoms with E-state index >= 15 is 0 Å². The second kappa shape index (κ2) is 4.97. The third-order valence-corrected chi connectivity index (χ3v) is 3.69. The maximum absolute atomic E-state index is 10.9. The van der Waals surface area contributed by atoms with Gasteiger partial charge in [-0.1, -0.05) is 25.6 Å². The van der Waals surface area contributed by atoms with Gasteiger partial charge in [0.2, 0.25) is 0 Å². The van der Waals surface area contributed by atoms with E-state index in [-0.39, 0.29) is 0 Å². The lowest BCUT2D eigenvalue weighted by atomic mass is 10.1. The van der Waals surface area contributed by atoms with E-state index in [2.05, 4.69) is 23.9 Å². The molecule has 5 nitrogen and oxygen atoms in total. The summed E-state index contributed by atoms with van der Waals surface area (Å²) in [7, 11) is 0. The highest BCUT2D eigenvalue weighted by Gasteiger charge is 2.17. The summed E-state index contributed by atoms with van der Waals surface area (Å²) in [6.07, 6.45) is 3.41. The van der Waals surface area contributed by atoms with Gasteiger partial charge in [-0.25, -0.2) is 9.50 Å². The molecule has 18 heavy (non-hydrogen) atoms. The molecular weight excluding hydrogens is 250 g/mol. The van der Waals surface area contributed by atoms with Crippen LogP contribution in [-0.4, -0.2) is 30.9 Å². The molecule has 1 atom stereocenters. The number of aliphatic carboxylic acids is 1. The maximum Gasteiger partial charge on any atom is 0.316 e. The lowest BCUT2D eigenvalue weighted by Crippen LogP contribution is -2.11. The molecule has 0 amide bonds. The van der Waals surface area contributed by atoms with Gasteiger partial charge in [0.1, 0.15) is 10.3 Å². The van der Waals surface area contributed by atoms with E-state index < -0.39 is 11.2 Å². The van der Waals surface area contributed by atoms with Crippen molar-refractivity contribution in [3.05, 3.63) is 24.2 Å². The van der Waals surface area contributed by atoms with Gasteiger partial charge >= 0.3 is 5.97 Å². The minimum Gasteiger partial charge on any atom is -0.480 e. The molecule has 0 saturated carbocycles. The number of carboxylic acids is 1. The van der Waals surface area contributed by atoms with Crippen molar-refractivity contribution in [3.8, 4) is 0 Å². The Kier molecular flexibility index (Phi) is 3.56. The molecule has 0 aliphatic carbocycles. The van der Waals surface area contributed by atoms with Crippen molar-refractivity contribution in [1.82, 2.24) is 14.6 Å². The van der Waals surface area contributed by atoms with Crippen molar-refractivity contribution < 1.29 is 9.90 Å². The van der Waals surface area contributed by atoms with Crippen LogP contribution in [0, 0.1) is 0 Å². The van der Waals surface area contributed by atoms with Gasteiger partial charge in [-0.3, -0.25) is 4.79 Å². The normalized spacial score (nSPS) is 13.1. The Balaban J connectivity index is 2.41. The SMILES string of the molecule is CC(Sc1nccn2nc(C(C)C)cc12)C(=O)O. The van der Waals surface area contributed by atoms with Gasteiger partial charge in [-0.2, -0.15) is 5.10 Å². The highest BCUT2D eigenvalue weighted by molar-refractivity contribution is 8.00. The van der Waals surface area contributed by atoms with E-state index in [4.69, 9.17) is 5.11 Å². The molecule has 2 aromatic heterocycles. The topological polar surface area (TPSA) is 67.5 Å². The molecule has 1 unspecified atom stereocenters. The van der Waals surface area contributed by atoms with Crippen LogP contribution >= 0.6 is 11.8 Å². The predicted octanol–water partition coefficient (Wildman–Crippen LogP) is 2.42. The van der Waals surface area contributed by atoms with Crippen LogP contribution in [0.3, 0.4) is 0 Å². The van der Waals surface area contributed by atoms with Crippen LogP contribution in [-0.2, 0) is 4.79 Å². The van der Waals surface area contributed by atoms with Crippen LogP contribution in [0.1, 0.15) is 32.4 Å². The second-order valence-corrected chi connectivity index (χ2v) is 5.71. The number of thioether (sulfide) groups is 1. The summed E-state index contributed by atoms with van der Waals surface area (Å²) < 4.78 is 1.75. The first-order valence-corrected chi connectivity index (χ1v) is 6.60. The fraction of sp³-hybridized carbons (Fsp3) is 0.417. The number of aromatic nitrogens is 3. The molecule has 0 bridgehead atoms. The van der Waals surface area contributed by atoms with E-state index in [1.54, 1.807) is 23.8 Å². The Bertz CT molecular complexity index is 580. The molecule has 96 valence electrons. The van der Waals surface area contributed by atoms with Crippen LogP contribution in [0.15, 0.2) is 23.5 Å². The van der Waals surface area contributed by atoms with Crippen LogP contribution in [0.2, 0.25) is 0 Å². The van der Waals surface area contributed by atoms with Gasteiger partial charge in [-0.05, 0) is 18.9 Å². The van der Waals surface area contributed by atoms with Crippen molar-refractivity contribution in [3.63, 3.8) is 0 Å². The number of hydrogen-bond donors (Lipinski definition) is 1. The molecule has 0 aliphatic heterocycles. The fourth-order valence-electron chi connectivity index (χ4n) is 1.51. The molecule has 0 fully saturated rings. The van der Waals surface area contributed by atoms with E-state index in [9.17, 15) is 4.79 Å². The minimum atomic E-state index is -0.840. The molecule has 1 N–H and O–H groups in total. The summed E-state index contributed by atoms with van der Waals surface area (Å²) in [6.45, 7) is 5.79. The zero-order chi connectivity index (χ0) is 13.3. The lowest BCUT2D eigenvalue weighted by molar-refractivity contribution is -0.136. The number of rotatable bonds is 4. The van der Waals surface area contributed by atoms with Crippen molar-refractivity contribution in [1.29, 1.82) is 0 Å². The largest absolute Gasteiger partial charge is 0.480 e. The van der Waals surface area contributed by atoms with Gasteiger partial charge in [0.25, 0.3) is 0 Å². The maximum atomic E-state index is 10.9. The summed E-state index contributed by atoms with van der Waals surface area (Å²) >= 11 is 1.23. The molecule has 2 aromatic rings. The molecule has 0 spiro atoms. The Morgan fingerprint density at radius 3 is 2.78 bits per heavy atom. The second-order valence-electron chi connectivity index (χ2n) is 4.38. The summed E-state index contributed by atoms with van der Waals surface area (Å²) in [5, 5.41) is 13.6. The quantitative estimate of drug-likeness (QED) is 0.860. The molecular formula is C12H15N3O2S. The van der Waals surface area contributed by atoms with Gasteiger partial charge in [0.15, 0.2) is 0 Å². The average molecular weight is 265 g/mol. The molecule has 2 rings (SSSR count). The smallest absolute Gasteiger partial charge is 0.316 e.